The normalized spacial score (nSPS) is 11.7. The van der Waals surface area contributed by atoms with Crippen molar-refractivity contribution in [1.29, 1.82) is 0 Å². The summed E-state index contributed by atoms with van der Waals surface area (Å²) in [5.41, 5.74) is 2.23. The van der Waals surface area contributed by atoms with E-state index in [-0.39, 0.29) is 0 Å². The van der Waals surface area contributed by atoms with Gasteiger partial charge in [-0.1, -0.05) is 42.5 Å². The third-order valence-electron chi connectivity index (χ3n) is 3.32. The molecule has 0 radical (unpaired) electrons. The lowest BCUT2D eigenvalue weighted by molar-refractivity contribution is 0.0522. The zero-order valence-corrected chi connectivity index (χ0v) is 14.8. The first-order valence-corrected chi connectivity index (χ1v) is 8.12. The Morgan fingerprint density at radius 1 is 1.09 bits per heavy atom. The van der Waals surface area contributed by atoms with Crippen molar-refractivity contribution >= 4 is 32.9 Å². The summed E-state index contributed by atoms with van der Waals surface area (Å²) in [5, 5.41) is 5.21. The molecule has 0 saturated heterocycles. The first-order valence-electron chi connectivity index (χ1n) is 7.33. The second kappa shape index (κ2) is 5.81. The Kier molecular flexibility index (Phi) is 3.98. The summed E-state index contributed by atoms with van der Waals surface area (Å²) in [6, 6.07) is 15.8. The Morgan fingerprint density at radius 3 is 2.43 bits per heavy atom. The van der Waals surface area contributed by atoms with E-state index in [1.54, 1.807) is 0 Å². The molecule has 0 unspecified atom stereocenters. The molecule has 5 heteroatoms. The molecule has 0 bridgehead atoms. The number of hydrogen-bond acceptors (Lipinski definition) is 3. The van der Waals surface area contributed by atoms with Crippen molar-refractivity contribution in [3.8, 4) is 11.1 Å². The Balaban J connectivity index is 2.16. The van der Waals surface area contributed by atoms with Gasteiger partial charge in [0.15, 0.2) is 0 Å². The van der Waals surface area contributed by atoms with Gasteiger partial charge >= 0.3 is 6.09 Å². The standard InChI is InChI=1S/C18H17BrN2O2/c1-18(2,3)23-17(22)21-14-11-7-10-13(15(14)16(19)20-21)12-8-5-4-6-9-12/h4-11H,1-3H3. The van der Waals surface area contributed by atoms with E-state index in [1.807, 2.05) is 69.3 Å². The largest absolute Gasteiger partial charge is 0.442 e. The van der Waals surface area contributed by atoms with Crippen LogP contribution in [0.2, 0.25) is 0 Å². The number of fused-ring (bicyclic) bond motifs is 1. The van der Waals surface area contributed by atoms with Gasteiger partial charge in [0.1, 0.15) is 10.2 Å². The molecule has 0 aliphatic carbocycles. The highest BCUT2D eigenvalue weighted by atomic mass is 79.9. The maximum Gasteiger partial charge on any atom is 0.435 e. The fraction of sp³-hybridized carbons (Fsp3) is 0.222. The number of hydrogen-bond donors (Lipinski definition) is 0. The summed E-state index contributed by atoms with van der Waals surface area (Å²) in [6.45, 7) is 5.50. The van der Waals surface area contributed by atoms with Crippen molar-refractivity contribution in [2.24, 2.45) is 0 Å². The van der Waals surface area contributed by atoms with Crippen LogP contribution in [-0.4, -0.2) is 21.5 Å². The molecule has 2 aromatic carbocycles. The highest BCUT2D eigenvalue weighted by Crippen LogP contribution is 2.33. The molecule has 0 amide bonds. The van der Waals surface area contributed by atoms with Crippen molar-refractivity contribution in [3.05, 3.63) is 53.1 Å². The van der Waals surface area contributed by atoms with Crippen LogP contribution in [0.25, 0.3) is 22.0 Å². The van der Waals surface area contributed by atoms with Gasteiger partial charge < -0.3 is 4.74 Å². The second-order valence-electron chi connectivity index (χ2n) is 6.25. The molecule has 0 N–H and O–H groups in total. The predicted octanol–water partition coefficient (Wildman–Crippen LogP) is 5.25. The van der Waals surface area contributed by atoms with Gasteiger partial charge in [0, 0.05) is 5.39 Å². The molecule has 0 aliphatic heterocycles. The zero-order chi connectivity index (χ0) is 16.6. The maximum atomic E-state index is 12.4. The minimum absolute atomic E-state index is 0.488. The quantitative estimate of drug-likeness (QED) is 0.585. The number of nitrogens with zero attached hydrogens (tertiary/aromatic N) is 2. The monoisotopic (exact) mass is 372 g/mol. The molecule has 1 aromatic heterocycles. The van der Waals surface area contributed by atoms with Crippen molar-refractivity contribution < 1.29 is 9.53 Å². The van der Waals surface area contributed by atoms with Crippen molar-refractivity contribution in [1.82, 2.24) is 9.78 Å². The van der Waals surface area contributed by atoms with Gasteiger partial charge in [0.05, 0.1) is 5.52 Å². The Bertz CT molecular complexity index is 864. The lowest BCUT2D eigenvalue weighted by atomic mass is 10.0. The average Bonchev–Trinajstić information content (AvgIpc) is 2.84. The number of halogens is 1. The van der Waals surface area contributed by atoms with Gasteiger partial charge in [-0.3, -0.25) is 0 Å². The molecule has 23 heavy (non-hydrogen) atoms. The topological polar surface area (TPSA) is 44.1 Å². The summed E-state index contributed by atoms with van der Waals surface area (Å²) in [6.07, 6.45) is -0.488. The lowest BCUT2D eigenvalue weighted by Crippen LogP contribution is -2.27. The third kappa shape index (κ3) is 3.15. The van der Waals surface area contributed by atoms with Crippen LogP contribution in [0.15, 0.2) is 53.1 Å². The Morgan fingerprint density at radius 2 is 1.78 bits per heavy atom. The highest BCUT2D eigenvalue weighted by Gasteiger charge is 2.22. The van der Waals surface area contributed by atoms with Crippen molar-refractivity contribution in [3.63, 3.8) is 0 Å². The fourth-order valence-corrected chi connectivity index (χ4v) is 3.00. The molecule has 0 aliphatic rings. The van der Waals surface area contributed by atoms with Crippen LogP contribution in [-0.2, 0) is 4.74 Å². The maximum absolute atomic E-state index is 12.4. The molecule has 0 fully saturated rings. The van der Waals surface area contributed by atoms with E-state index in [9.17, 15) is 4.79 Å². The van der Waals surface area contributed by atoms with Gasteiger partial charge in [0.25, 0.3) is 0 Å². The minimum Gasteiger partial charge on any atom is -0.442 e. The molecule has 0 spiro atoms. The molecule has 3 rings (SSSR count). The molecule has 1 heterocycles. The molecular weight excluding hydrogens is 356 g/mol. The second-order valence-corrected chi connectivity index (χ2v) is 7.00. The van der Waals surface area contributed by atoms with Crippen LogP contribution in [0.5, 0.6) is 0 Å². The number of benzene rings is 2. The summed E-state index contributed by atoms with van der Waals surface area (Å²) >= 11 is 3.47. The molecule has 118 valence electrons. The molecule has 4 nitrogen and oxygen atoms in total. The van der Waals surface area contributed by atoms with Crippen LogP contribution in [0.1, 0.15) is 20.8 Å². The van der Waals surface area contributed by atoms with Crippen LogP contribution < -0.4 is 0 Å². The number of carbonyl (C=O) groups excluding carboxylic acids is 1. The number of carbonyl (C=O) groups is 1. The van der Waals surface area contributed by atoms with Gasteiger partial charge in [0.2, 0.25) is 0 Å². The van der Waals surface area contributed by atoms with Crippen molar-refractivity contribution in [2.75, 3.05) is 0 Å². The molecular formula is C18H17BrN2O2. The Labute approximate surface area is 143 Å². The van der Waals surface area contributed by atoms with E-state index in [1.165, 1.54) is 4.68 Å². The van der Waals surface area contributed by atoms with Crippen LogP contribution in [0.4, 0.5) is 4.79 Å². The van der Waals surface area contributed by atoms with Crippen LogP contribution in [0, 0.1) is 0 Å². The van der Waals surface area contributed by atoms with E-state index in [2.05, 4.69) is 21.0 Å². The number of ether oxygens (including phenoxy) is 1. The van der Waals surface area contributed by atoms with Gasteiger partial charge in [-0.15, -0.1) is 0 Å². The molecule has 0 atom stereocenters. The summed E-state index contributed by atoms with van der Waals surface area (Å²) in [4.78, 5) is 12.4. The lowest BCUT2D eigenvalue weighted by Gasteiger charge is -2.19. The predicted molar refractivity (Wildman–Crippen MR) is 94.5 cm³/mol. The summed E-state index contributed by atoms with van der Waals surface area (Å²) in [7, 11) is 0. The van der Waals surface area contributed by atoms with Gasteiger partial charge in [-0.05, 0) is 53.9 Å². The van der Waals surface area contributed by atoms with E-state index >= 15 is 0 Å². The number of rotatable bonds is 1. The van der Waals surface area contributed by atoms with Crippen LogP contribution >= 0.6 is 15.9 Å². The molecule has 3 aromatic rings. The summed E-state index contributed by atoms with van der Waals surface area (Å²) < 4.78 is 7.36. The number of aromatic nitrogens is 2. The van der Waals surface area contributed by atoms with Gasteiger partial charge in [-0.2, -0.15) is 9.78 Å². The smallest absolute Gasteiger partial charge is 0.435 e. The first kappa shape index (κ1) is 15.7. The van der Waals surface area contributed by atoms with E-state index in [0.717, 1.165) is 16.5 Å². The molecule has 0 saturated carbocycles. The third-order valence-corrected chi connectivity index (χ3v) is 3.87. The minimum atomic E-state index is -0.571. The highest BCUT2D eigenvalue weighted by molar-refractivity contribution is 9.10. The van der Waals surface area contributed by atoms with Crippen molar-refractivity contribution in [2.45, 2.75) is 26.4 Å². The summed E-state index contributed by atoms with van der Waals surface area (Å²) in [5.74, 6) is 0. The van der Waals surface area contributed by atoms with E-state index in [4.69, 9.17) is 4.74 Å². The van der Waals surface area contributed by atoms with Gasteiger partial charge in [-0.25, -0.2) is 4.79 Å². The van der Waals surface area contributed by atoms with E-state index in [0.29, 0.717) is 10.1 Å². The van der Waals surface area contributed by atoms with E-state index < -0.39 is 11.7 Å². The zero-order valence-electron chi connectivity index (χ0n) is 13.2. The average molecular weight is 373 g/mol. The first-order chi connectivity index (χ1) is 10.9. The SMILES string of the molecule is CC(C)(C)OC(=O)n1nc(Br)c2c(-c3ccccc3)cccc21. The fourth-order valence-electron chi connectivity index (χ4n) is 2.43. The Hall–Kier alpha value is -2.14. The van der Waals surface area contributed by atoms with Crippen LogP contribution in [0.3, 0.4) is 0 Å².